The van der Waals surface area contributed by atoms with Crippen molar-refractivity contribution in [2.24, 2.45) is 0 Å². The molecule has 0 bridgehead atoms. The zero-order chi connectivity index (χ0) is 27.7. The minimum absolute atomic E-state index is 0.0560. The normalized spacial score (nSPS) is 19.2. The number of hydrogen-bond acceptors (Lipinski definition) is 7. The van der Waals surface area contributed by atoms with E-state index in [-0.39, 0.29) is 23.7 Å². The Labute approximate surface area is 224 Å². The fourth-order valence-electron chi connectivity index (χ4n) is 5.22. The number of carbonyl (C=O) groups is 1. The Hall–Kier alpha value is -4.09. The summed E-state index contributed by atoms with van der Waals surface area (Å²) < 4.78 is 59.4. The molecule has 0 spiro atoms. The first kappa shape index (κ1) is 26.5. The summed E-state index contributed by atoms with van der Waals surface area (Å²) in [7, 11) is 4.56. The van der Waals surface area contributed by atoms with Gasteiger partial charge in [0.15, 0.2) is 17.5 Å². The van der Waals surface area contributed by atoms with Crippen LogP contribution in [0.15, 0.2) is 48.7 Å². The second-order valence-electron chi connectivity index (χ2n) is 9.41. The van der Waals surface area contributed by atoms with E-state index in [0.717, 1.165) is 16.1 Å². The van der Waals surface area contributed by atoms with E-state index in [2.05, 4.69) is 15.3 Å². The van der Waals surface area contributed by atoms with Crippen LogP contribution < -0.4 is 24.4 Å². The molecule has 3 aromatic rings. The van der Waals surface area contributed by atoms with Gasteiger partial charge < -0.3 is 29.3 Å². The second-order valence-corrected chi connectivity index (χ2v) is 9.41. The Morgan fingerprint density at radius 2 is 1.64 bits per heavy atom. The number of aromatic nitrogens is 2. The fourth-order valence-corrected chi connectivity index (χ4v) is 5.22. The standard InChI is InChI=1S/C27H30F3N5O4/c1-37-21-7-5-4-6-20(21)33-10-12-34(13-11-33)26(36)18-16-31-35-24(27(28,29)30)15-19(32-25(18)35)17-8-9-22(38-2)23(14-17)39-3/h4-9,14,16,19,24,32H,10-13,15H2,1-3H3/t19-,24+/m1/s1. The Balaban J connectivity index is 1.39. The number of methoxy groups -OCH3 is 3. The third-order valence-corrected chi connectivity index (χ3v) is 7.27. The Bertz CT molecular complexity index is 1340. The van der Waals surface area contributed by atoms with Crippen LogP contribution in [0.25, 0.3) is 0 Å². The largest absolute Gasteiger partial charge is 0.495 e. The van der Waals surface area contributed by atoms with Gasteiger partial charge in [0, 0.05) is 32.6 Å². The van der Waals surface area contributed by atoms with Crippen LogP contribution in [0.3, 0.4) is 0 Å². The van der Waals surface area contributed by atoms with Gasteiger partial charge >= 0.3 is 6.18 Å². The van der Waals surface area contributed by atoms with Crippen LogP contribution in [0.5, 0.6) is 17.2 Å². The van der Waals surface area contributed by atoms with Crippen LogP contribution in [0.2, 0.25) is 0 Å². The van der Waals surface area contributed by atoms with Crippen molar-refractivity contribution in [1.82, 2.24) is 14.7 Å². The lowest BCUT2D eigenvalue weighted by Gasteiger charge is -2.37. The minimum atomic E-state index is -4.56. The molecule has 1 aromatic heterocycles. The minimum Gasteiger partial charge on any atom is -0.495 e. The predicted molar refractivity (Wildman–Crippen MR) is 139 cm³/mol. The summed E-state index contributed by atoms with van der Waals surface area (Å²) in [5.74, 6) is 1.31. The van der Waals surface area contributed by atoms with E-state index in [0.29, 0.717) is 43.2 Å². The first-order valence-electron chi connectivity index (χ1n) is 12.5. The Morgan fingerprint density at radius 3 is 2.31 bits per heavy atom. The highest BCUT2D eigenvalue weighted by Gasteiger charge is 2.47. The first-order chi connectivity index (χ1) is 18.7. The number of rotatable bonds is 6. The van der Waals surface area contributed by atoms with E-state index in [1.165, 1.54) is 20.4 Å². The highest BCUT2D eigenvalue weighted by atomic mass is 19.4. The summed E-state index contributed by atoms with van der Waals surface area (Å²) in [5, 5.41) is 7.16. The van der Waals surface area contributed by atoms with Crippen molar-refractivity contribution in [2.45, 2.75) is 24.7 Å². The maximum atomic E-state index is 14.2. The van der Waals surface area contributed by atoms with Crippen molar-refractivity contribution < 1.29 is 32.2 Å². The van der Waals surface area contributed by atoms with Gasteiger partial charge in [-0.05, 0) is 29.8 Å². The smallest absolute Gasteiger partial charge is 0.410 e. The van der Waals surface area contributed by atoms with Crippen molar-refractivity contribution in [2.75, 3.05) is 57.7 Å². The van der Waals surface area contributed by atoms with Gasteiger partial charge in [-0.2, -0.15) is 18.3 Å². The number of nitrogens with one attached hydrogen (secondary N) is 1. The third kappa shape index (κ3) is 5.02. The molecule has 9 nitrogen and oxygen atoms in total. The van der Waals surface area contributed by atoms with Crippen molar-refractivity contribution in [3.05, 3.63) is 59.8 Å². The molecule has 1 amide bonds. The van der Waals surface area contributed by atoms with E-state index in [1.54, 1.807) is 30.2 Å². The molecule has 2 aliphatic rings. The lowest BCUT2D eigenvalue weighted by atomic mass is 9.96. The Morgan fingerprint density at radius 1 is 0.949 bits per heavy atom. The van der Waals surface area contributed by atoms with Gasteiger partial charge in [-0.3, -0.25) is 4.79 Å². The SMILES string of the molecule is COc1ccc([C@H]2C[C@@H](C(F)(F)F)n3ncc(C(=O)N4CCN(c5ccccc5OC)CC4)c3N2)cc1OC. The number of nitrogens with zero attached hydrogens (tertiary/aromatic N) is 4. The Kier molecular flexibility index (Phi) is 7.19. The van der Waals surface area contributed by atoms with Crippen molar-refractivity contribution >= 4 is 17.4 Å². The molecule has 3 heterocycles. The lowest BCUT2D eigenvalue weighted by Crippen LogP contribution is -2.49. The monoisotopic (exact) mass is 545 g/mol. The van der Waals surface area contributed by atoms with Crippen LogP contribution in [-0.2, 0) is 0 Å². The average molecular weight is 546 g/mol. The van der Waals surface area contributed by atoms with Crippen LogP contribution in [0, 0.1) is 0 Å². The van der Waals surface area contributed by atoms with E-state index < -0.39 is 18.3 Å². The fraction of sp³-hybridized carbons (Fsp3) is 0.407. The van der Waals surface area contributed by atoms with Gasteiger partial charge in [0.05, 0.1) is 39.3 Å². The second kappa shape index (κ2) is 10.6. The van der Waals surface area contributed by atoms with Gasteiger partial charge in [0.25, 0.3) is 5.91 Å². The summed E-state index contributed by atoms with van der Waals surface area (Å²) in [6.07, 6.45) is -3.62. The molecule has 1 N–H and O–H groups in total. The molecule has 0 radical (unpaired) electrons. The maximum absolute atomic E-state index is 14.2. The number of carbonyl (C=O) groups excluding carboxylic acids is 1. The molecule has 1 fully saturated rings. The summed E-state index contributed by atoms with van der Waals surface area (Å²) in [6.45, 7) is 1.93. The number of fused-ring (bicyclic) bond motifs is 1. The highest BCUT2D eigenvalue weighted by molar-refractivity contribution is 5.99. The average Bonchev–Trinajstić information content (AvgIpc) is 3.39. The molecule has 12 heteroatoms. The molecule has 208 valence electrons. The number of piperazine rings is 1. The number of alkyl halides is 3. The number of hydrogen-bond donors (Lipinski definition) is 1. The molecule has 2 aromatic carbocycles. The molecular weight excluding hydrogens is 515 g/mol. The maximum Gasteiger partial charge on any atom is 0.410 e. The number of anilines is 2. The summed E-state index contributed by atoms with van der Waals surface area (Å²) >= 11 is 0. The molecule has 2 aliphatic heterocycles. The zero-order valence-electron chi connectivity index (χ0n) is 21.9. The lowest BCUT2D eigenvalue weighted by molar-refractivity contribution is -0.173. The van der Waals surface area contributed by atoms with E-state index >= 15 is 0 Å². The highest BCUT2D eigenvalue weighted by Crippen LogP contribution is 2.45. The summed E-state index contributed by atoms with van der Waals surface area (Å²) in [5.41, 5.74) is 1.63. The van der Waals surface area contributed by atoms with Gasteiger partial charge in [-0.25, -0.2) is 4.68 Å². The van der Waals surface area contributed by atoms with Gasteiger partial charge in [-0.1, -0.05) is 18.2 Å². The van der Waals surface area contributed by atoms with Gasteiger partial charge in [0.1, 0.15) is 17.1 Å². The van der Waals surface area contributed by atoms with Crippen LogP contribution in [0.4, 0.5) is 24.7 Å². The quantitative estimate of drug-likeness (QED) is 0.488. The van der Waals surface area contributed by atoms with Gasteiger partial charge in [-0.15, -0.1) is 0 Å². The third-order valence-electron chi connectivity index (χ3n) is 7.27. The van der Waals surface area contributed by atoms with Crippen LogP contribution >= 0.6 is 0 Å². The van der Waals surface area contributed by atoms with E-state index in [9.17, 15) is 18.0 Å². The number of amides is 1. The van der Waals surface area contributed by atoms with Crippen molar-refractivity contribution in [1.29, 1.82) is 0 Å². The molecule has 0 aliphatic carbocycles. The van der Waals surface area contributed by atoms with Crippen molar-refractivity contribution in [3.63, 3.8) is 0 Å². The molecule has 2 atom stereocenters. The van der Waals surface area contributed by atoms with Crippen molar-refractivity contribution in [3.8, 4) is 17.2 Å². The number of benzene rings is 2. The molecule has 5 rings (SSSR count). The molecule has 39 heavy (non-hydrogen) atoms. The summed E-state index contributed by atoms with van der Waals surface area (Å²) in [4.78, 5) is 17.3. The molecule has 1 saturated heterocycles. The topological polar surface area (TPSA) is 81.1 Å². The number of ether oxygens (including phenoxy) is 3. The van der Waals surface area contributed by atoms with E-state index in [4.69, 9.17) is 14.2 Å². The van der Waals surface area contributed by atoms with Crippen LogP contribution in [0.1, 0.15) is 34.4 Å². The predicted octanol–water partition coefficient (Wildman–Crippen LogP) is 4.53. The summed E-state index contributed by atoms with van der Waals surface area (Å²) in [6, 6.07) is 10.0. The zero-order valence-corrected chi connectivity index (χ0v) is 21.9. The first-order valence-corrected chi connectivity index (χ1v) is 12.5. The molecular formula is C27H30F3N5O4. The molecule has 0 saturated carbocycles. The number of halogens is 3. The molecule has 0 unspecified atom stereocenters. The number of para-hydroxylation sites is 2. The van der Waals surface area contributed by atoms with E-state index in [1.807, 2.05) is 24.3 Å². The van der Waals surface area contributed by atoms with Gasteiger partial charge in [0.2, 0.25) is 0 Å². The van der Waals surface area contributed by atoms with Crippen LogP contribution in [-0.4, -0.2) is 74.3 Å².